The lowest BCUT2D eigenvalue weighted by Gasteiger charge is -2.28. The second-order valence-electron chi connectivity index (χ2n) is 4.72. The molecule has 0 aliphatic rings. The third-order valence-electron chi connectivity index (χ3n) is 3.47. The molecule has 0 amide bonds. The van der Waals surface area contributed by atoms with Gasteiger partial charge in [-0.05, 0) is 43.4 Å². The van der Waals surface area contributed by atoms with Gasteiger partial charge < -0.3 is 0 Å². The molecule has 0 N–H and O–H groups in total. The first-order valence-corrected chi connectivity index (χ1v) is 6.82. The summed E-state index contributed by atoms with van der Waals surface area (Å²) in [4.78, 5) is 0. The van der Waals surface area contributed by atoms with Crippen LogP contribution < -0.4 is 0 Å². The van der Waals surface area contributed by atoms with Gasteiger partial charge in [0.2, 0.25) is 0 Å². The van der Waals surface area contributed by atoms with E-state index in [0.717, 1.165) is 12.8 Å². The van der Waals surface area contributed by atoms with Crippen LogP contribution in [0, 0.1) is 19.3 Å². The van der Waals surface area contributed by atoms with Gasteiger partial charge in [0.1, 0.15) is 0 Å². The van der Waals surface area contributed by atoms with Gasteiger partial charge in [-0.15, -0.1) is 23.2 Å². The summed E-state index contributed by atoms with van der Waals surface area (Å²) in [7, 11) is 0. The average Bonchev–Trinajstić information content (AvgIpc) is 2.31. The second kappa shape index (κ2) is 5.93. The topological polar surface area (TPSA) is 0 Å². The number of hydrogen-bond donors (Lipinski definition) is 0. The fourth-order valence-corrected chi connectivity index (χ4v) is 2.64. The van der Waals surface area contributed by atoms with Gasteiger partial charge in [-0.3, -0.25) is 0 Å². The molecule has 0 radical (unpaired) electrons. The third-order valence-corrected chi connectivity index (χ3v) is 4.60. The van der Waals surface area contributed by atoms with E-state index in [1.54, 1.807) is 0 Å². The van der Waals surface area contributed by atoms with E-state index in [0.29, 0.717) is 11.8 Å². The predicted molar refractivity (Wildman–Crippen MR) is 73.8 cm³/mol. The average molecular weight is 259 g/mol. The van der Waals surface area contributed by atoms with Crippen LogP contribution in [0.2, 0.25) is 0 Å². The van der Waals surface area contributed by atoms with E-state index >= 15 is 0 Å². The second-order valence-corrected chi connectivity index (χ2v) is 5.25. The van der Waals surface area contributed by atoms with E-state index in [4.69, 9.17) is 23.2 Å². The van der Waals surface area contributed by atoms with Gasteiger partial charge in [0.15, 0.2) is 0 Å². The van der Waals surface area contributed by atoms with Gasteiger partial charge in [-0.2, -0.15) is 0 Å². The van der Waals surface area contributed by atoms with E-state index in [2.05, 4.69) is 39.0 Å². The highest BCUT2D eigenvalue weighted by Crippen LogP contribution is 2.30. The Hall–Kier alpha value is -0.200. The molecule has 0 heterocycles. The highest BCUT2D eigenvalue weighted by molar-refractivity contribution is 6.21. The Labute approximate surface area is 109 Å². The van der Waals surface area contributed by atoms with Crippen LogP contribution in [0.15, 0.2) is 18.2 Å². The van der Waals surface area contributed by atoms with E-state index < -0.39 is 0 Å². The molecular formula is C14H20Cl2. The number of hydrogen-bond acceptors (Lipinski definition) is 0. The summed E-state index contributed by atoms with van der Waals surface area (Å²) in [5, 5.41) is 0. The Morgan fingerprint density at radius 3 is 2.12 bits per heavy atom. The molecule has 1 aromatic rings. The minimum absolute atomic E-state index is 0.0464. The number of aryl methyl sites for hydroxylation is 2. The van der Waals surface area contributed by atoms with Crippen molar-refractivity contribution >= 4 is 23.2 Å². The maximum absolute atomic E-state index is 6.06. The van der Waals surface area contributed by atoms with Gasteiger partial charge in [0, 0.05) is 17.2 Å². The zero-order valence-electron chi connectivity index (χ0n) is 10.3. The quantitative estimate of drug-likeness (QED) is 0.671. The first-order valence-electron chi connectivity index (χ1n) is 5.75. The fraction of sp³-hybridized carbons (Fsp3) is 0.571. The molecule has 1 aromatic carbocycles. The van der Waals surface area contributed by atoms with Crippen LogP contribution in [0.1, 0.15) is 30.0 Å². The van der Waals surface area contributed by atoms with Gasteiger partial charge in [-0.1, -0.05) is 25.1 Å². The minimum atomic E-state index is 0.0464. The lowest BCUT2D eigenvalue weighted by atomic mass is 9.82. The molecule has 0 spiro atoms. The van der Waals surface area contributed by atoms with Crippen LogP contribution in [0.4, 0.5) is 0 Å². The van der Waals surface area contributed by atoms with Crippen molar-refractivity contribution in [3.05, 3.63) is 34.9 Å². The Balaban J connectivity index is 2.89. The Morgan fingerprint density at radius 2 is 1.69 bits per heavy atom. The molecule has 0 nitrogen and oxygen atoms in total. The van der Waals surface area contributed by atoms with Gasteiger partial charge in [0.25, 0.3) is 0 Å². The van der Waals surface area contributed by atoms with Gasteiger partial charge >= 0.3 is 0 Å². The van der Waals surface area contributed by atoms with Crippen molar-refractivity contribution < 1.29 is 0 Å². The maximum atomic E-state index is 6.06. The molecule has 0 saturated heterocycles. The van der Waals surface area contributed by atoms with Crippen LogP contribution in [-0.4, -0.2) is 11.8 Å². The monoisotopic (exact) mass is 258 g/mol. The molecule has 90 valence electrons. The summed E-state index contributed by atoms with van der Waals surface area (Å²) >= 11 is 12.1. The highest BCUT2D eigenvalue weighted by atomic mass is 35.5. The number of halogens is 2. The van der Waals surface area contributed by atoms with Crippen LogP contribution in [0.25, 0.3) is 0 Å². The van der Waals surface area contributed by atoms with Crippen LogP contribution in [-0.2, 0) is 6.42 Å². The smallest absolute Gasteiger partial charge is 0.0294 e. The standard InChI is InChI=1S/C14H20Cl2/c1-4-14(9-15,10-16)8-13-6-5-11(2)12(3)7-13/h5-7H,4,8-10H2,1-3H3. The molecule has 0 atom stereocenters. The Bertz CT molecular complexity index is 332. The SMILES string of the molecule is CCC(CCl)(CCl)Cc1ccc(C)c(C)c1. The van der Waals surface area contributed by atoms with Crippen molar-refractivity contribution in [3.63, 3.8) is 0 Å². The normalized spacial score (nSPS) is 11.8. The highest BCUT2D eigenvalue weighted by Gasteiger charge is 2.26. The van der Waals surface area contributed by atoms with Crippen molar-refractivity contribution in [2.45, 2.75) is 33.6 Å². The third kappa shape index (κ3) is 3.15. The number of alkyl halides is 2. The van der Waals surface area contributed by atoms with Crippen LogP contribution in [0.3, 0.4) is 0 Å². The number of benzene rings is 1. The summed E-state index contributed by atoms with van der Waals surface area (Å²) < 4.78 is 0. The summed E-state index contributed by atoms with van der Waals surface area (Å²) in [6, 6.07) is 6.61. The zero-order valence-corrected chi connectivity index (χ0v) is 11.8. The minimum Gasteiger partial charge on any atom is -0.126 e. The van der Waals surface area contributed by atoms with Crippen molar-refractivity contribution in [2.24, 2.45) is 5.41 Å². The molecule has 0 unspecified atom stereocenters. The van der Waals surface area contributed by atoms with Crippen LogP contribution >= 0.6 is 23.2 Å². The van der Waals surface area contributed by atoms with E-state index in [9.17, 15) is 0 Å². The zero-order chi connectivity index (χ0) is 12.2. The number of rotatable bonds is 5. The van der Waals surface area contributed by atoms with Gasteiger partial charge in [0.05, 0.1) is 0 Å². The van der Waals surface area contributed by atoms with E-state index in [-0.39, 0.29) is 5.41 Å². The summed E-state index contributed by atoms with van der Waals surface area (Å²) in [6.07, 6.45) is 1.99. The predicted octanol–water partition coefficient (Wildman–Crippen LogP) is 4.72. The molecule has 2 heteroatoms. The molecule has 0 aromatic heterocycles. The summed E-state index contributed by atoms with van der Waals surface area (Å²) in [5.74, 6) is 1.25. The molecule has 0 bridgehead atoms. The lowest BCUT2D eigenvalue weighted by molar-refractivity contribution is 0.362. The molecule has 0 saturated carbocycles. The molecule has 16 heavy (non-hydrogen) atoms. The van der Waals surface area contributed by atoms with Crippen LogP contribution in [0.5, 0.6) is 0 Å². The summed E-state index contributed by atoms with van der Waals surface area (Å²) in [6.45, 7) is 6.44. The fourth-order valence-electron chi connectivity index (χ4n) is 1.79. The van der Waals surface area contributed by atoms with E-state index in [1.807, 2.05) is 0 Å². The first kappa shape index (κ1) is 13.9. The maximum Gasteiger partial charge on any atom is 0.0294 e. The lowest BCUT2D eigenvalue weighted by Crippen LogP contribution is -2.27. The van der Waals surface area contributed by atoms with Gasteiger partial charge in [-0.25, -0.2) is 0 Å². The van der Waals surface area contributed by atoms with Crippen molar-refractivity contribution in [1.82, 2.24) is 0 Å². The van der Waals surface area contributed by atoms with Crippen molar-refractivity contribution in [2.75, 3.05) is 11.8 Å². The summed E-state index contributed by atoms with van der Waals surface area (Å²) in [5.41, 5.74) is 4.06. The Kier molecular flexibility index (Phi) is 5.14. The molecule has 0 fully saturated rings. The largest absolute Gasteiger partial charge is 0.126 e. The van der Waals surface area contributed by atoms with Crippen molar-refractivity contribution in [3.8, 4) is 0 Å². The molecule has 1 rings (SSSR count). The van der Waals surface area contributed by atoms with Crippen molar-refractivity contribution in [1.29, 1.82) is 0 Å². The van der Waals surface area contributed by atoms with E-state index in [1.165, 1.54) is 16.7 Å². The molecule has 0 aliphatic heterocycles. The Morgan fingerprint density at radius 1 is 1.06 bits per heavy atom. The first-order chi connectivity index (χ1) is 7.56. The molecule has 0 aliphatic carbocycles. The molecular weight excluding hydrogens is 239 g/mol.